The van der Waals surface area contributed by atoms with Gasteiger partial charge in [-0.05, 0) is 6.92 Å². The molecule has 0 amide bonds. The van der Waals surface area contributed by atoms with Crippen molar-refractivity contribution in [2.24, 2.45) is 0 Å². The van der Waals surface area contributed by atoms with Gasteiger partial charge in [-0.25, -0.2) is 4.39 Å². The Balaban J connectivity index is 1.83. The third kappa shape index (κ3) is 3.44. The van der Waals surface area contributed by atoms with E-state index in [0.29, 0.717) is 10.5 Å². The van der Waals surface area contributed by atoms with Crippen LogP contribution in [-0.4, -0.2) is 96.9 Å². The number of piperazine rings is 3. The van der Waals surface area contributed by atoms with Crippen LogP contribution in [0.1, 0.15) is 20.8 Å². The molecule has 26 heavy (non-hydrogen) atoms. The Hall–Kier alpha value is -0.960. The third-order valence-corrected chi connectivity index (χ3v) is 6.69. The van der Waals surface area contributed by atoms with Gasteiger partial charge >= 0.3 is 11.9 Å². The van der Waals surface area contributed by atoms with Crippen molar-refractivity contribution in [1.29, 1.82) is 0 Å². The number of nitrogens with zero attached hydrogens (tertiary/aromatic N) is 2. The molecular weight excluding hydrogens is 367 g/mol. The first-order chi connectivity index (χ1) is 12.2. The predicted molar refractivity (Wildman–Crippen MR) is 90.8 cm³/mol. The van der Waals surface area contributed by atoms with Gasteiger partial charge in [-0.3, -0.25) is 18.6 Å². The lowest BCUT2D eigenvalue weighted by atomic mass is 9.95. The molecule has 0 unspecified atom stereocenters. The third-order valence-electron chi connectivity index (χ3n) is 6.18. The highest BCUT2D eigenvalue weighted by molar-refractivity contribution is 6.17. The average Bonchev–Trinajstić information content (AvgIpc) is 2.62. The van der Waals surface area contributed by atoms with Crippen molar-refractivity contribution in [3.8, 4) is 0 Å². The topological polar surface area (TPSA) is 61.8 Å². The molecule has 4 aliphatic rings. The molecule has 4 rings (SSSR count). The summed E-state index contributed by atoms with van der Waals surface area (Å²) in [4.78, 5) is 22.9. The number of carbonyl (C=O) groups is 2. The molecule has 4 heterocycles. The first kappa shape index (κ1) is 19.8. The van der Waals surface area contributed by atoms with Gasteiger partial charge in [0.05, 0.1) is 0 Å². The molecule has 0 aromatic rings. The molecule has 4 fully saturated rings. The Morgan fingerprint density at radius 2 is 1.54 bits per heavy atom. The quantitative estimate of drug-likeness (QED) is 0.305. The van der Waals surface area contributed by atoms with Crippen molar-refractivity contribution in [2.45, 2.75) is 51.5 Å². The maximum atomic E-state index is 15.5. The highest BCUT2D eigenvalue weighted by Gasteiger charge is 2.61. The van der Waals surface area contributed by atoms with E-state index in [1.165, 1.54) is 13.8 Å². The van der Waals surface area contributed by atoms with E-state index >= 15 is 4.39 Å². The molecule has 0 aromatic heterocycles. The Morgan fingerprint density at radius 1 is 1.04 bits per heavy atom. The van der Waals surface area contributed by atoms with E-state index in [0.717, 1.165) is 43.8 Å². The largest absolute Gasteiger partial charge is 0.456 e. The molecule has 9 heteroatoms. The van der Waals surface area contributed by atoms with Crippen LogP contribution in [0.2, 0.25) is 0 Å². The van der Waals surface area contributed by atoms with Crippen molar-refractivity contribution in [2.75, 3.05) is 45.3 Å². The van der Waals surface area contributed by atoms with Gasteiger partial charge in [-0.1, -0.05) is 11.6 Å². The second kappa shape index (κ2) is 7.22. The van der Waals surface area contributed by atoms with E-state index in [1.54, 1.807) is 6.92 Å². The van der Waals surface area contributed by atoms with E-state index in [-0.39, 0.29) is 0 Å². The van der Waals surface area contributed by atoms with Gasteiger partial charge in [-0.2, -0.15) is 0 Å². The van der Waals surface area contributed by atoms with Crippen molar-refractivity contribution in [1.82, 2.24) is 0 Å². The van der Waals surface area contributed by atoms with Gasteiger partial charge in [0.2, 0.25) is 12.4 Å². The van der Waals surface area contributed by atoms with Gasteiger partial charge in [0.15, 0.2) is 18.2 Å². The number of quaternary nitrogens is 2. The highest BCUT2D eigenvalue weighted by Crippen LogP contribution is 2.38. The van der Waals surface area contributed by atoms with Crippen LogP contribution in [0.25, 0.3) is 0 Å². The number of carbonyl (C=O) groups excluding carboxylic acids is 2. The van der Waals surface area contributed by atoms with E-state index in [4.69, 9.17) is 25.8 Å². The molecule has 4 saturated heterocycles. The summed E-state index contributed by atoms with van der Waals surface area (Å²) in [6, 6.07) is 0.575. The monoisotopic (exact) mass is 394 g/mol. The lowest BCUT2D eigenvalue weighted by Crippen LogP contribution is -2.80. The zero-order chi connectivity index (χ0) is 19.1. The molecular formula is C17H28ClFN2O5+2. The van der Waals surface area contributed by atoms with Crippen LogP contribution in [0, 0.1) is 0 Å². The molecule has 0 N–H and O–H groups in total. The van der Waals surface area contributed by atoms with Crippen molar-refractivity contribution in [3.63, 3.8) is 0 Å². The standard InChI is InChI=1S/C17H28ClFN2O5/c1-11-15(25-12(2)22)16(26-13(3)23)14(19)17(24-11)21-7-4-20(10-18,5-8-21)6-9-21/h11,14-17H,4-10H2,1-3H3/q+2/t11-,14-,15+,16-,17-,20?,21?/m0/s1. The number of halogens is 2. The van der Waals surface area contributed by atoms with Gasteiger partial charge in [0.1, 0.15) is 45.4 Å². The number of fused-ring (bicyclic) bond motifs is 3. The van der Waals surface area contributed by atoms with Crippen LogP contribution in [0.3, 0.4) is 0 Å². The minimum absolute atomic E-state index is 0.507. The number of rotatable bonds is 4. The van der Waals surface area contributed by atoms with E-state index in [1.807, 2.05) is 0 Å². The highest BCUT2D eigenvalue weighted by atomic mass is 35.5. The summed E-state index contributed by atoms with van der Waals surface area (Å²) in [5.41, 5.74) is 0. The van der Waals surface area contributed by atoms with Crippen LogP contribution in [0.5, 0.6) is 0 Å². The first-order valence-corrected chi connectivity index (χ1v) is 9.66. The average molecular weight is 395 g/mol. The molecule has 7 nitrogen and oxygen atoms in total. The van der Waals surface area contributed by atoms with E-state index in [2.05, 4.69) is 0 Å². The lowest BCUT2D eigenvalue weighted by Gasteiger charge is -2.59. The fourth-order valence-corrected chi connectivity index (χ4v) is 4.92. The molecule has 0 spiro atoms. The minimum Gasteiger partial charge on any atom is -0.456 e. The van der Waals surface area contributed by atoms with Crippen molar-refractivity contribution >= 4 is 23.5 Å². The normalized spacial score (nSPS) is 45.2. The van der Waals surface area contributed by atoms with Crippen LogP contribution in [-0.2, 0) is 23.8 Å². The molecule has 0 saturated carbocycles. The lowest BCUT2D eigenvalue weighted by molar-refractivity contribution is -1.10. The smallest absolute Gasteiger partial charge is 0.303 e. The number of hydrogen-bond acceptors (Lipinski definition) is 5. The summed E-state index contributed by atoms with van der Waals surface area (Å²) < 4.78 is 33.4. The Bertz CT molecular complexity index is 553. The molecule has 0 radical (unpaired) electrons. The molecule has 0 aliphatic carbocycles. The molecule has 2 bridgehead atoms. The fraction of sp³-hybridized carbons (Fsp3) is 0.882. The first-order valence-electron chi connectivity index (χ1n) is 9.13. The molecule has 4 aliphatic heterocycles. The van der Waals surface area contributed by atoms with Crippen molar-refractivity contribution < 1.29 is 37.2 Å². The van der Waals surface area contributed by atoms with Gasteiger partial charge in [0.25, 0.3) is 0 Å². The predicted octanol–water partition coefficient (Wildman–Crippen LogP) is 0.790. The van der Waals surface area contributed by atoms with E-state index in [9.17, 15) is 9.59 Å². The van der Waals surface area contributed by atoms with Crippen LogP contribution in [0.4, 0.5) is 4.39 Å². The summed E-state index contributed by atoms with van der Waals surface area (Å²) in [7, 11) is 0. The summed E-state index contributed by atoms with van der Waals surface area (Å²) in [6.07, 6.45) is -4.97. The maximum absolute atomic E-state index is 15.5. The minimum atomic E-state index is -1.56. The number of alkyl halides is 2. The van der Waals surface area contributed by atoms with Crippen LogP contribution >= 0.6 is 11.6 Å². The summed E-state index contributed by atoms with van der Waals surface area (Å²) in [6.45, 7) is 9.18. The van der Waals surface area contributed by atoms with Gasteiger partial charge in [-0.15, -0.1) is 0 Å². The van der Waals surface area contributed by atoms with Gasteiger partial charge in [0, 0.05) is 13.8 Å². The Labute approximate surface area is 158 Å². The number of ether oxygens (including phenoxy) is 3. The molecule has 148 valence electrons. The number of hydrogen-bond donors (Lipinski definition) is 0. The van der Waals surface area contributed by atoms with Crippen molar-refractivity contribution in [3.05, 3.63) is 0 Å². The van der Waals surface area contributed by atoms with Crippen LogP contribution < -0.4 is 0 Å². The van der Waals surface area contributed by atoms with Gasteiger partial charge < -0.3 is 14.2 Å². The SMILES string of the molecule is CC(=O)O[C@H]1[C@H](F)[C@@H]([N+]23CC[N+](CCl)(CC2)CC3)O[C@@H](C)[C@H]1OC(C)=O. The van der Waals surface area contributed by atoms with E-state index < -0.39 is 42.7 Å². The Kier molecular flexibility index (Phi) is 5.50. The Morgan fingerprint density at radius 3 is 2.00 bits per heavy atom. The maximum Gasteiger partial charge on any atom is 0.303 e. The second-order valence-corrected chi connectivity index (χ2v) is 8.08. The number of esters is 2. The summed E-state index contributed by atoms with van der Waals surface area (Å²) in [5.74, 6) is -1.15. The summed E-state index contributed by atoms with van der Waals surface area (Å²) in [5, 5.41) is 0. The molecule has 0 aromatic carbocycles. The van der Waals surface area contributed by atoms with Crippen LogP contribution in [0.15, 0.2) is 0 Å². The summed E-state index contributed by atoms with van der Waals surface area (Å²) >= 11 is 6.15. The fourth-order valence-electron chi connectivity index (χ4n) is 4.56. The zero-order valence-corrected chi connectivity index (χ0v) is 16.3. The molecule has 5 atom stereocenters. The zero-order valence-electron chi connectivity index (χ0n) is 15.5. The second-order valence-electron chi connectivity index (χ2n) is 7.85.